The molecule has 182 valence electrons. The lowest BCUT2D eigenvalue weighted by atomic mass is 9.96. The maximum absolute atomic E-state index is 14.3. The minimum Gasteiger partial charge on any atom is -0.490 e. The van der Waals surface area contributed by atoms with E-state index in [1.165, 1.54) is 25.0 Å². The molecule has 0 N–H and O–H groups in total. The molecule has 0 amide bonds. The summed E-state index contributed by atoms with van der Waals surface area (Å²) in [5, 5.41) is 0. The van der Waals surface area contributed by atoms with Gasteiger partial charge in [-0.15, -0.1) is 0 Å². The van der Waals surface area contributed by atoms with E-state index in [-0.39, 0.29) is 41.4 Å². The number of hydrogen-bond donors (Lipinski definition) is 0. The zero-order valence-corrected chi connectivity index (χ0v) is 19.3. The molecule has 0 bridgehead atoms. The molecule has 0 radical (unpaired) electrons. The Labute approximate surface area is 193 Å². The molecular weight excluding hydrogens is 436 g/mol. The Hall–Kier alpha value is -2.28. The van der Waals surface area contributed by atoms with Crippen molar-refractivity contribution in [2.24, 2.45) is 5.92 Å². The number of halogens is 4. The van der Waals surface area contributed by atoms with Crippen LogP contribution >= 0.6 is 0 Å². The first-order valence-electron chi connectivity index (χ1n) is 11.8. The fourth-order valence-corrected chi connectivity index (χ4v) is 4.02. The highest BCUT2D eigenvalue weighted by Crippen LogP contribution is 2.32. The minimum absolute atomic E-state index is 0.00380. The lowest BCUT2D eigenvalue weighted by Gasteiger charge is -2.29. The predicted octanol–water partition coefficient (Wildman–Crippen LogP) is 7.74. The summed E-state index contributed by atoms with van der Waals surface area (Å²) in [5.41, 5.74) is 0.164. The van der Waals surface area contributed by atoms with Crippen molar-refractivity contribution in [1.82, 2.24) is 0 Å². The molecule has 33 heavy (non-hydrogen) atoms. The van der Waals surface area contributed by atoms with E-state index in [1.807, 2.05) is 6.92 Å². The molecule has 1 aliphatic heterocycles. The van der Waals surface area contributed by atoms with Gasteiger partial charge >= 0.3 is 0 Å². The summed E-state index contributed by atoms with van der Waals surface area (Å²) in [6, 6.07) is 4.32. The number of rotatable bonds is 11. The molecule has 3 rings (SSSR count). The minimum atomic E-state index is -1.14. The van der Waals surface area contributed by atoms with Gasteiger partial charge in [-0.05, 0) is 37.3 Å². The van der Waals surface area contributed by atoms with Crippen molar-refractivity contribution in [1.29, 1.82) is 0 Å². The standard InChI is InChI=1S/C26H32F4O3/c1-3-5-6-8-19-10-9-17(15-31-19)16-32-24-14-21(13-23(28)26(24)30)33-20-11-18(7-4-2)25(29)22(27)12-20/h11-14,17,19H,3-10,15-16H2,1-2H3. The number of hydrogen-bond acceptors (Lipinski definition) is 3. The number of unbranched alkanes of at least 4 members (excludes halogenated alkanes) is 2. The van der Waals surface area contributed by atoms with Gasteiger partial charge in [-0.1, -0.05) is 39.5 Å². The third kappa shape index (κ3) is 7.10. The normalized spacial score (nSPS) is 18.4. The fraction of sp³-hybridized carbons (Fsp3) is 0.538. The third-order valence-corrected chi connectivity index (χ3v) is 5.87. The topological polar surface area (TPSA) is 27.7 Å². The monoisotopic (exact) mass is 468 g/mol. The molecule has 1 saturated heterocycles. The van der Waals surface area contributed by atoms with Crippen molar-refractivity contribution < 1.29 is 31.8 Å². The predicted molar refractivity (Wildman–Crippen MR) is 119 cm³/mol. The highest BCUT2D eigenvalue weighted by Gasteiger charge is 2.23. The van der Waals surface area contributed by atoms with Crippen molar-refractivity contribution in [3.8, 4) is 17.2 Å². The van der Waals surface area contributed by atoms with Gasteiger partial charge in [0.15, 0.2) is 23.2 Å². The van der Waals surface area contributed by atoms with Crippen LogP contribution in [-0.2, 0) is 11.2 Å². The van der Waals surface area contributed by atoms with Gasteiger partial charge < -0.3 is 14.2 Å². The number of benzene rings is 2. The molecule has 2 aromatic rings. The summed E-state index contributed by atoms with van der Waals surface area (Å²) < 4.78 is 73.2. The van der Waals surface area contributed by atoms with E-state index in [0.717, 1.165) is 37.8 Å². The van der Waals surface area contributed by atoms with Crippen molar-refractivity contribution >= 4 is 0 Å². The maximum Gasteiger partial charge on any atom is 0.200 e. The second-order valence-corrected chi connectivity index (χ2v) is 8.65. The lowest BCUT2D eigenvalue weighted by Crippen LogP contribution is -2.29. The molecule has 1 fully saturated rings. The summed E-state index contributed by atoms with van der Waals surface area (Å²) in [4.78, 5) is 0. The summed E-state index contributed by atoms with van der Waals surface area (Å²) in [6.07, 6.45) is 7.59. The number of ether oxygens (including phenoxy) is 3. The summed E-state index contributed by atoms with van der Waals surface area (Å²) in [6.45, 7) is 4.71. The van der Waals surface area contributed by atoms with Crippen LogP contribution in [0.1, 0.15) is 64.4 Å². The molecule has 1 aliphatic rings. The Morgan fingerprint density at radius 2 is 1.61 bits per heavy atom. The maximum atomic E-state index is 14.3. The van der Waals surface area contributed by atoms with Crippen LogP contribution in [0.2, 0.25) is 0 Å². The van der Waals surface area contributed by atoms with E-state index in [2.05, 4.69) is 6.92 Å². The Bertz CT molecular complexity index is 911. The van der Waals surface area contributed by atoms with Gasteiger partial charge in [0.25, 0.3) is 0 Å². The van der Waals surface area contributed by atoms with Crippen LogP contribution in [-0.4, -0.2) is 19.3 Å². The van der Waals surface area contributed by atoms with E-state index >= 15 is 0 Å². The van der Waals surface area contributed by atoms with Gasteiger partial charge in [0, 0.05) is 24.1 Å². The summed E-state index contributed by atoms with van der Waals surface area (Å²) >= 11 is 0. The van der Waals surface area contributed by atoms with Gasteiger partial charge in [0.05, 0.1) is 19.3 Å². The quantitative estimate of drug-likeness (QED) is 0.249. The third-order valence-electron chi connectivity index (χ3n) is 5.87. The molecule has 7 heteroatoms. The first-order valence-corrected chi connectivity index (χ1v) is 11.8. The average molecular weight is 469 g/mol. The van der Waals surface area contributed by atoms with E-state index in [0.29, 0.717) is 19.4 Å². The van der Waals surface area contributed by atoms with Crippen LogP contribution in [0.3, 0.4) is 0 Å². The smallest absolute Gasteiger partial charge is 0.200 e. The van der Waals surface area contributed by atoms with Gasteiger partial charge in [-0.3, -0.25) is 0 Å². The van der Waals surface area contributed by atoms with Crippen LogP contribution < -0.4 is 9.47 Å². The van der Waals surface area contributed by atoms with Crippen LogP contribution in [0.15, 0.2) is 24.3 Å². The molecule has 1 heterocycles. The molecule has 0 spiro atoms. The number of aryl methyl sites for hydroxylation is 1. The first-order chi connectivity index (χ1) is 15.9. The second kappa shape index (κ2) is 12.3. The zero-order valence-electron chi connectivity index (χ0n) is 19.3. The highest BCUT2D eigenvalue weighted by atomic mass is 19.2. The van der Waals surface area contributed by atoms with E-state index in [9.17, 15) is 17.6 Å². The van der Waals surface area contributed by atoms with Crippen molar-refractivity contribution in [3.05, 3.63) is 53.1 Å². The SMILES string of the molecule is CCCCCC1CCC(COc2cc(Oc3cc(F)c(F)c(CCC)c3)cc(F)c2F)CO1. The Morgan fingerprint density at radius 1 is 0.879 bits per heavy atom. The largest absolute Gasteiger partial charge is 0.490 e. The fourth-order valence-electron chi connectivity index (χ4n) is 4.02. The Morgan fingerprint density at radius 3 is 2.27 bits per heavy atom. The van der Waals surface area contributed by atoms with Crippen molar-refractivity contribution in [2.45, 2.75) is 71.3 Å². The highest BCUT2D eigenvalue weighted by molar-refractivity contribution is 5.40. The van der Waals surface area contributed by atoms with Crippen molar-refractivity contribution in [2.75, 3.05) is 13.2 Å². The molecule has 2 unspecified atom stereocenters. The van der Waals surface area contributed by atoms with Crippen molar-refractivity contribution in [3.63, 3.8) is 0 Å². The summed E-state index contributed by atoms with van der Waals surface area (Å²) in [5.74, 6) is -4.50. The average Bonchev–Trinajstić information content (AvgIpc) is 2.79. The van der Waals surface area contributed by atoms with E-state index < -0.39 is 23.3 Å². The van der Waals surface area contributed by atoms with Crippen LogP contribution in [0.4, 0.5) is 17.6 Å². The van der Waals surface area contributed by atoms with Crippen LogP contribution in [0.25, 0.3) is 0 Å². The Balaban J connectivity index is 1.62. The van der Waals surface area contributed by atoms with Gasteiger partial charge in [0.2, 0.25) is 5.82 Å². The second-order valence-electron chi connectivity index (χ2n) is 8.65. The van der Waals surface area contributed by atoms with Gasteiger partial charge in [-0.2, -0.15) is 4.39 Å². The van der Waals surface area contributed by atoms with Crippen LogP contribution in [0.5, 0.6) is 17.2 Å². The molecular formula is C26H32F4O3. The van der Waals surface area contributed by atoms with E-state index in [4.69, 9.17) is 14.2 Å². The zero-order chi connectivity index (χ0) is 23.8. The molecule has 2 atom stereocenters. The molecule has 0 saturated carbocycles. The Kier molecular flexibility index (Phi) is 9.41. The first kappa shape index (κ1) is 25.3. The molecule has 2 aromatic carbocycles. The van der Waals surface area contributed by atoms with E-state index in [1.54, 1.807) is 0 Å². The van der Waals surface area contributed by atoms with Crippen LogP contribution in [0, 0.1) is 29.2 Å². The molecule has 0 aliphatic carbocycles. The molecule has 3 nitrogen and oxygen atoms in total. The summed E-state index contributed by atoms with van der Waals surface area (Å²) in [7, 11) is 0. The van der Waals surface area contributed by atoms with Gasteiger partial charge in [-0.25, -0.2) is 13.2 Å². The van der Waals surface area contributed by atoms with Gasteiger partial charge in [0.1, 0.15) is 11.5 Å². The lowest BCUT2D eigenvalue weighted by molar-refractivity contribution is -0.0317. The molecule has 0 aromatic heterocycles.